The van der Waals surface area contributed by atoms with Gasteiger partial charge in [0.1, 0.15) is 0 Å². The number of hydrogen-bond donors (Lipinski definition) is 0. The Morgan fingerprint density at radius 2 is 1.00 bits per heavy atom. The molecule has 0 spiro atoms. The molecule has 0 unspecified atom stereocenters. The molecule has 0 radical (unpaired) electrons. The molecule has 1 fully saturated rings. The van der Waals surface area contributed by atoms with E-state index in [1.165, 1.54) is 17.2 Å². The van der Waals surface area contributed by atoms with Crippen LogP contribution in [0.3, 0.4) is 0 Å². The van der Waals surface area contributed by atoms with Crippen LogP contribution in [0, 0.1) is 5.92 Å². The Kier molecular flexibility index (Phi) is 8.16. The molecule has 1 aliphatic rings. The monoisotopic (exact) mass is 478 g/mol. The predicted octanol–water partition coefficient (Wildman–Crippen LogP) is 2.52. The molecule has 2 nitrogen and oxygen atoms in total. The van der Waals surface area contributed by atoms with Gasteiger partial charge in [0.2, 0.25) is 0 Å². The van der Waals surface area contributed by atoms with Gasteiger partial charge in [0.15, 0.2) is 0 Å². The first-order valence-electron chi connectivity index (χ1n) is 10.00. The zero-order chi connectivity index (χ0) is 19.6. The third-order valence-corrected chi connectivity index (χ3v) is 12.9. The minimum absolute atomic E-state index is 0.140. The number of carbonyl (C=O) groups is 1. The summed E-state index contributed by atoms with van der Waals surface area (Å²) in [5.41, 5.74) is 0. The van der Waals surface area contributed by atoms with Crippen LogP contribution in [0.1, 0.15) is 32.1 Å². The van der Waals surface area contributed by atoms with E-state index in [4.69, 9.17) is 0 Å². The van der Waals surface area contributed by atoms with Crippen molar-refractivity contribution in [2.24, 2.45) is 5.92 Å². The third kappa shape index (κ3) is 5.96. The van der Waals surface area contributed by atoms with Gasteiger partial charge < -0.3 is 9.90 Å². The molecule has 28 heavy (non-hydrogen) atoms. The van der Waals surface area contributed by atoms with Crippen molar-refractivity contribution in [3.63, 3.8) is 0 Å². The van der Waals surface area contributed by atoms with Gasteiger partial charge in [0.05, 0.1) is 0 Å². The van der Waals surface area contributed by atoms with Crippen LogP contribution in [-0.4, -0.2) is 25.7 Å². The molecule has 4 rings (SSSR count). The van der Waals surface area contributed by atoms with E-state index in [0.717, 1.165) is 25.7 Å². The molecular formula is C25H26O2Sn. The van der Waals surface area contributed by atoms with Crippen LogP contribution in [-0.2, 0) is 4.79 Å². The molecule has 0 bridgehead atoms. The number of hydrogen-bond acceptors (Lipinski definition) is 2. The molecule has 3 aromatic rings. The van der Waals surface area contributed by atoms with Crippen molar-refractivity contribution < 1.29 is 9.90 Å². The quantitative estimate of drug-likeness (QED) is 0.543. The van der Waals surface area contributed by atoms with Crippen LogP contribution < -0.4 is 15.8 Å². The molecule has 3 heteroatoms. The summed E-state index contributed by atoms with van der Waals surface area (Å²) in [4.78, 5) is 10.2. The summed E-state index contributed by atoms with van der Waals surface area (Å²) in [5.74, 6) is -0.992. The van der Waals surface area contributed by atoms with Crippen LogP contribution in [0.4, 0.5) is 0 Å². The van der Waals surface area contributed by atoms with Gasteiger partial charge in [-0.1, -0.05) is 19.3 Å². The second kappa shape index (κ2) is 11.1. The van der Waals surface area contributed by atoms with Gasteiger partial charge >= 0.3 is 121 Å². The Morgan fingerprint density at radius 3 is 1.29 bits per heavy atom. The van der Waals surface area contributed by atoms with Crippen molar-refractivity contribution in [2.75, 3.05) is 0 Å². The summed E-state index contributed by atoms with van der Waals surface area (Å²) in [6.45, 7) is 0. The van der Waals surface area contributed by atoms with Gasteiger partial charge in [0, 0.05) is 5.97 Å². The van der Waals surface area contributed by atoms with Crippen LogP contribution in [0.15, 0.2) is 91.0 Å². The number of aliphatic carboxylic acids is 1. The van der Waals surface area contributed by atoms with Gasteiger partial charge in [-0.25, -0.2) is 0 Å². The van der Waals surface area contributed by atoms with Crippen molar-refractivity contribution in [3.8, 4) is 0 Å². The first-order valence-corrected chi connectivity index (χ1v) is 14.3. The fourth-order valence-electron chi connectivity index (χ4n) is 3.65. The molecule has 0 amide bonds. The molecule has 142 valence electrons. The zero-order valence-corrected chi connectivity index (χ0v) is 18.9. The summed E-state index contributed by atoms with van der Waals surface area (Å²) in [5, 5.41) is 10.2. The fraction of sp³-hybridized carbons (Fsp3) is 0.240. The van der Waals surface area contributed by atoms with Crippen LogP contribution >= 0.6 is 0 Å². The van der Waals surface area contributed by atoms with E-state index in [0.29, 0.717) is 0 Å². The van der Waals surface area contributed by atoms with Crippen LogP contribution in [0.5, 0.6) is 0 Å². The van der Waals surface area contributed by atoms with Gasteiger partial charge in [-0.3, -0.25) is 0 Å². The van der Waals surface area contributed by atoms with Crippen molar-refractivity contribution in [2.45, 2.75) is 32.1 Å². The average Bonchev–Trinajstić information content (AvgIpc) is 2.77. The second-order valence-electron chi connectivity index (χ2n) is 7.13. The standard InChI is InChI=1S/C7H12O2.3C6H5.Sn/c8-7(9)6-4-2-1-3-5-6;3*1-2-4-6-5-3-1;/h6H,1-5H2,(H,8,9);3*1-5H;/q;;;;+1/p-1. The minimum atomic E-state index is -1.98. The van der Waals surface area contributed by atoms with Gasteiger partial charge in [-0.15, -0.1) is 0 Å². The predicted molar refractivity (Wildman–Crippen MR) is 116 cm³/mol. The normalized spacial score (nSPS) is 13.9. The van der Waals surface area contributed by atoms with Gasteiger partial charge in [-0.2, -0.15) is 0 Å². The molecule has 0 heterocycles. The summed E-state index contributed by atoms with van der Waals surface area (Å²) in [7, 11) is 0. The number of rotatable bonds is 4. The average molecular weight is 477 g/mol. The van der Waals surface area contributed by atoms with Crippen molar-refractivity contribution in [1.82, 2.24) is 0 Å². The van der Waals surface area contributed by atoms with E-state index in [9.17, 15) is 9.90 Å². The molecule has 0 N–H and O–H groups in total. The number of carbonyl (C=O) groups excluding carboxylic acids is 1. The number of benzene rings is 3. The second-order valence-corrected chi connectivity index (χ2v) is 14.2. The fourth-order valence-corrected chi connectivity index (χ4v) is 11.0. The topological polar surface area (TPSA) is 40.1 Å². The first-order chi connectivity index (χ1) is 13.8. The molecule has 0 aliphatic heterocycles. The van der Waals surface area contributed by atoms with E-state index in [2.05, 4.69) is 91.0 Å². The van der Waals surface area contributed by atoms with Crippen LogP contribution in [0.25, 0.3) is 0 Å². The third-order valence-electron chi connectivity index (χ3n) is 5.13. The van der Waals surface area contributed by atoms with Crippen molar-refractivity contribution in [1.29, 1.82) is 0 Å². The molecule has 0 aromatic heterocycles. The molecular weight excluding hydrogens is 451 g/mol. The molecule has 0 saturated heterocycles. The Balaban J connectivity index is 0.000000211. The summed E-state index contributed by atoms with van der Waals surface area (Å²) >= 11 is -1.98. The van der Waals surface area contributed by atoms with E-state index in [1.54, 1.807) is 0 Å². The maximum absolute atomic E-state index is 10.2. The number of carboxylic acid groups (broad SMARTS) is 1. The first kappa shape index (κ1) is 20.7. The Labute approximate surface area is 175 Å². The van der Waals surface area contributed by atoms with Gasteiger partial charge in [-0.05, 0) is 18.8 Å². The molecule has 1 aliphatic carbocycles. The molecule has 0 atom stereocenters. The Morgan fingerprint density at radius 1 is 0.643 bits per heavy atom. The maximum atomic E-state index is 10.2. The van der Waals surface area contributed by atoms with E-state index in [-0.39, 0.29) is 5.92 Å². The zero-order valence-electron chi connectivity index (χ0n) is 16.1. The molecule has 3 aromatic carbocycles. The van der Waals surface area contributed by atoms with E-state index < -0.39 is 25.7 Å². The van der Waals surface area contributed by atoms with E-state index >= 15 is 0 Å². The summed E-state index contributed by atoms with van der Waals surface area (Å²) in [6, 6.07) is 32.9. The Bertz CT molecular complexity index is 734. The molecule has 1 saturated carbocycles. The SMILES string of the molecule is O=C([O-])C1CCCCC1.c1cc[c]([Sn+]([c]2ccccc2)[c]2ccccc2)cc1. The summed E-state index contributed by atoms with van der Waals surface area (Å²) < 4.78 is 4.59. The Hall–Kier alpha value is -2.07. The van der Waals surface area contributed by atoms with Crippen molar-refractivity contribution in [3.05, 3.63) is 91.0 Å². The number of carboxylic acids is 1. The summed E-state index contributed by atoms with van der Waals surface area (Å²) in [6.07, 6.45) is 5.01. The van der Waals surface area contributed by atoms with E-state index in [1.807, 2.05) is 0 Å². The van der Waals surface area contributed by atoms with Crippen molar-refractivity contribution >= 4 is 36.5 Å². The van der Waals surface area contributed by atoms with Gasteiger partial charge in [0.25, 0.3) is 0 Å². The van der Waals surface area contributed by atoms with Crippen LogP contribution in [0.2, 0.25) is 0 Å².